The Balaban J connectivity index is 2.23. The minimum absolute atomic E-state index is 0.453. The van der Waals surface area contributed by atoms with E-state index in [0.717, 1.165) is 11.1 Å². The Hall–Kier alpha value is -2.60. The van der Waals surface area contributed by atoms with Gasteiger partial charge in [-0.2, -0.15) is 5.26 Å². The number of hydrogen-bond donors (Lipinski definition) is 0. The van der Waals surface area contributed by atoms with Gasteiger partial charge in [-0.1, -0.05) is 48.5 Å². The van der Waals surface area contributed by atoms with Crippen LogP contribution < -0.4 is 0 Å². The maximum absolute atomic E-state index is 12.1. The SMILES string of the molecule is C[C@@H](C#N)OC(=O)c1ccccc1Cc1ccccc1. The summed E-state index contributed by atoms with van der Waals surface area (Å²) in [6.07, 6.45) is -0.0835. The number of nitrogens with zero attached hydrogens (tertiary/aromatic N) is 1. The maximum atomic E-state index is 12.1. The molecule has 2 aromatic rings. The number of carbonyl (C=O) groups excluding carboxylic acids is 1. The standard InChI is InChI=1S/C17H15NO2/c1-13(12-18)20-17(19)16-10-6-5-9-15(16)11-14-7-3-2-4-8-14/h2-10,13H,11H2,1H3/t13-/m0/s1. The molecule has 0 saturated heterocycles. The van der Waals surface area contributed by atoms with Gasteiger partial charge in [0.25, 0.3) is 0 Å². The molecule has 0 radical (unpaired) electrons. The summed E-state index contributed by atoms with van der Waals surface area (Å²) in [7, 11) is 0. The van der Waals surface area contributed by atoms with E-state index in [0.29, 0.717) is 12.0 Å². The van der Waals surface area contributed by atoms with Crippen LogP contribution in [-0.4, -0.2) is 12.1 Å². The maximum Gasteiger partial charge on any atom is 0.339 e. The molecule has 0 aliphatic carbocycles. The number of ether oxygens (including phenoxy) is 1. The van der Waals surface area contributed by atoms with Crippen LogP contribution in [0.15, 0.2) is 54.6 Å². The molecule has 20 heavy (non-hydrogen) atoms. The van der Waals surface area contributed by atoms with Crippen molar-refractivity contribution in [1.82, 2.24) is 0 Å². The molecule has 2 aromatic carbocycles. The van der Waals surface area contributed by atoms with Crippen molar-refractivity contribution in [3.05, 3.63) is 71.3 Å². The molecule has 0 spiro atoms. The molecule has 100 valence electrons. The molecule has 0 fully saturated rings. The van der Waals surface area contributed by atoms with Gasteiger partial charge in [0.15, 0.2) is 6.10 Å². The van der Waals surface area contributed by atoms with E-state index in [1.807, 2.05) is 48.5 Å². The van der Waals surface area contributed by atoms with Crippen molar-refractivity contribution in [1.29, 1.82) is 5.26 Å². The zero-order valence-corrected chi connectivity index (χ0v) is 11.2. The largest absolute Gasteiger partial charge is 0.444 e. The fourth-order valence-electron chi connectivity index (χ4n) is 1.94. The summed E-state index contributed by atoms with van der Waals surface area (Å²) >= 11 is 0. The molecule has 0 aliphatic heterocycles. The van der Waals surface area contributed by atoms with Gasteiger partial charge in [0, 0.05) is 0 Å². The highest BCUT2D eigenvalue weighted by Crippen LogP contribution is 2.16. The molecule has 3 nitrogen and oxygen atoms in total. The lowest BCUT2D eigenvalue weighted by atomic mass is 10.00. The van der Waals surface area contributed by atoms with E-state index in [4.69, 9.17) is 10.00 Å². The minimum Gasteiger partial charge on any atom is -0.444 e. The van der Waals surface area contributed by atoms with Gasteiger partial charge in [-0.3, -0.25) is 0 Å². The smallest absolute Gasteiger partial charge is 0.339 e. The summed E-state index contributed by atoms with van der Waals surface area (Å²) < 4.78 is 5.06. The number of nitriles is 1. The predicted octanol–water partition coefficient (Wildman–Crippen LogP) is 3.35. The van der Waals surface area contributed by atoms with E-state index in [1.54, 1.807) is 19.1 Å². The van der Waals surface area contributed by atoms with Crippen LogP contribution in [0.1, 0.15) is 28.4 Å². The fraction of sp³-hybridized carbons (Fsp3) is 0.176. The molecule has 0 saturated carbocycles. The highest BCUT2D eigenvalue weighted by Gasteiger charge is 2.15. The van der Waals surface area contributed by atoms with E-state index >= 15 is 0 Å². The third kappa shape index (κ3) is 3.46. The second-order valence-electron chi connectivity index (χ2n) is 4.50. The van der Waals surface area contributed by atoms with Crippen LogP contribution in [0.3, 0.4) is 0 Å². The second kappa shape index (κ2) is 6.53. The first-order valence-electron chi connectivity index (χ1n) is 6.43. The van der Waals surface area contributed by atoms with Crippen molar-refractivity contribution >= 4 is 5.97 Å². The van der Waals surface area contributed by atoms with Gasteiger partial charge in [0.1, 0.15) is 6.07 Å². The van der Waals surface area contributed by atoms with Gasteiger partial charge >= 0.3 is 5.97 Å². The van der Waals surface area contributed by atoms with Crippen LogP contribution in [-0.2, 0) is 11.2 Å². The van der Waals surface area contributed by atoms with Crippen LogP contribution in [0.25, 0.3) is 0 Å². The zero-order chi connectivity index (χ0) is 14.4. The number of benzene rings is 2. The second-order valence-corrected chi connectivity index (χ2v) is 4.50. The lowest BCUT2D eigenvalue weighted by molar-refractivity contribution is 0.0434. The zero-order valence-electron chi connectivity index (χ0n) is 11.2. The predicted molar refractivity (Wildman–Crippen MR) is 76.2 cm³/mol. The summed E-state index contributed by atoms with van der Waals surface area (Å²) in [6.45, 7) is 1.55. The third-order valence-corrected chi connectivity index (χ3v) is 2.94. The number of carbonyl (C=O) groups is 1. The van der Waals surface area contributed by atoms with Gasteiger partial charge in [0.05, 0.1) is 5.56 Å². The Morgan fingerprint density at radius 3 is 2.50 bits per heavy atom. The normalized spacial score (nSPS) is 11.4. The lowest BCUT2D eigenvalue weighted by Gasteiger charge is -2.10. The molecule has 2 rings (SSSR count). The van der Waals surface area contributed by atoms with Crippen molar-refractivity contribution in [3.63, 3.8) is 0 Å². The van der Waals surface area contributed by atoms with Gasteiger partial charge in [-0.05, 0) is 30.5 Å². The summed E-state index contributed by atoms with van der Waals surface area (Å²) in [4.78, 5) is 12.1. The Morgan fingerprint density at radius 2 is 1.80 bits per heavy atom. The highest BCUT2D eigenvalue weighted by atomic mass is 16.5. The summed E-state index contributed by atoms with van der Waals surface area (Å²) in [5.41, 5.74) is 2.54. The molecule has 0 N–H and O–H groups in total. The van der Waals surface area contributed by atoms with Crippen molar-refractivity contribution in [2.24, 2.45) is 0 Å². The summed E-state index contributed by atoms with van der Waals surface area (Å²) in [5.74, 6) is -0.453. The van der Waals surface area contributed by atoms with Crippen molar-refractivity contribution in [3.8, 4) is 6.07 Å². The Bertz CT molecular complexity index is 629. The van der Waals surface area contributed by atoms with Crippen LogP contribution in [0.4, 0.5) is 0 Å². The molecular formula is C17H15NO2. The molecule has 0 unspecified atom stereocenters. The van der Waals surface area contributed by atoms with E-state index in [2.05, 4.69) is 0 Å². The first kappa shape index (κ1) is 13.8. The van der Waals surface area contributed by atoms with Gasteiger partial charge in [-0.15, -0.1) is 0 Å². The van der Waals surface area contributed by atoms with Gasteiger partial charge in [0.2, 0.25) is 0 Å². The minimum atomic E-state index is -0.743. The summed E-state index contributed by atoms with van der Waals surface area (Å²) in [5, 5.41) is 8.71. The highest BCUT2D eigenvalue weighted by molar-refractivity contribution is 5.91. The fourth-order valence-corrected chi connectivity index (χ4v) is 1.94. The van der Waals surface area contributed by atoms with Crippen LogP contribution in [0, 0.1) is 11.3 Å². The monoisotopic (exact) mass is 265 g/mol. The molecule has 0 aliphatic rings. The first-order valence-corrected chi connectivity index (χ1v) is 6.43. The average Bonchev–Trinajstić information content (AvgIpc) is 2.48. The Kier molecular flexibility index (Phi) is 4.52. The number of hydrogen-bond acceptors (Lipinski definition) is 3. The lowest BCUT2D eigenvalue weighted by Crippen LogP contribution is -2.14. The first-order chi connectivity index (χ1) is 9.70. The van der Waals surface area contributed by atoms with E-state index in [-0.39, 0.29) is 0 Å². The van der Waals surface area contributed by atoms with Crippen molar-refractivity contribution in [2.45, 2.75) is 19.4 Å². The average molecular weight is 265 g/mol. The van der Waals surface area contributed by atoms with E-state index in [9.17, 15) is 4.79 Å². The Morgan fingerprint density at radius 1 is 1.15 bits per heavy atom. The topological polar surface area (TPSA) is 50.1 Å². The summed E-state index contributed by atoms with van der Waals surface area (Å²) in [6, 6.07) is 19.1. The molecular weight excluding hydrogens is 250 g/mol. The number of rotatable bonds is 4. The molecule has 0 bridgehead atoms. The van der Waals surface area contributed by atoms with Crippen molar-refractivity contribution in [2.75, 3.05) is 0 Å². The molecule has 0 aromatic heterocycles. The van der Waals surface area contributed by atoms with Crippen LogP contribution in [0.2, 0.25) is 0 Å². The van der Waals surface area contributed by atoms with E-state index < -0.39 is 12.1 Å². The Labute approximate surface area is 118 Å². The molecule has 0 heterocycles. The van der Waals surface area contributed by atoms with Crippen LogP contribution >= 0.6 is 0 Å². The number of esters is 1. The third-order valence-electron chi connectivity index (χ3n) is 2.94. The molecule has 3 heteroatoms. The van der Waals surface area contributed by atoms with Crippen LogP contribution in [0.5, 0.6) is 0 Å². The van der Waals surface area contributed by atoms with Crippen molar-refractivity contribution < 1.29 is 9.53 Å². The molecule has 1 atom stereocenters. The quantitative estimate of drug-likeness (QED) is 0.796. The van der Waals surface area contributed by atoms with Gasteiger partial charge < -0.3 is 4.74 Å². The van der Waals surface area contributed by atoms with Gasteiger partial charge in [-0.25, -0.2) is 4.79 Å². The van der Waals surface area contributed by atoms with E-state index in [1.165, 1.54) is 0 Å². The molecule has 0 amide bonds.